The second-order valence-electron chi connectivity index (χ2n) is 4.76. The summed E-state index contributed by atoms with van der Waals surface area (Å²) >= 11 is 1.16. The van der Waals surface area contributed by atoms with Crippen molar-refractivity contribution in [1.29, 1.82) is 0 Å². The fourth-order valence-electron chi connectivity index (χ4n) is 2.16. The SMILES string of the molecule is O=C(O)c1sc(Cc2ccccc2)nc1-c1ccc(F)cc1. The lowest BCUT2D eigenvalue weighted by Gasteiger charge is -1.98. The molecule has 0 unspecified atom stereocenters. The van der Waals surface area contributed by atoms with Crippen molar-refractivity contribution in [3.8, 4) is 11.3 Å². The molecule has 1 heterocycles. The van der Waals surface area contributed by atoms with Crippen LogP contribution in [0.15, 0.2) is 54.6 Å². The van der Waals surface area contributed by atoms with Gasteiger partial charge in [0.15, 0.2) is 0 Å². The van der Waals surface area contributed by atoms with E-state index in [0.29, 0.717) is 17.7 Å². The molecule has 0 aliphatic heterocycles. The number of rotatable bonds is 4. The van der Waals surface area contributed by atoms with Gasteiger partial charge in [0, 0.05) is 12.0 Å². The highest BCUT2D eigenvalue weighted by Crippen LogP contribution is 2.29. The number of aromatic carboxylic acids is 1. The van der Waals surface area contributed by atoms with Gasteiger partial charge in [0.05, 0.1) is 10.7 Å². The molecule has 0 spiro atoms. The average Bonchev–Trinajstić information content (AvgIpc) is 2.93. The monoisotopic (exact) mass is 313 g/mol. The molecule has 3 nitrogen and oxygen atoms in total. The first-order valence-electron chi connectivity index (χ1n) is 6.66. The molecule has 0 amide bonds. The van der Waals surface area contributed by atoms with E-state index in [0.717, 1.165) is 21.9 Å². The Balaban J connectivity index is 1.99. The van der Waals surface area contributed by atoms with Crippen LogP contribution in [0.2, 0.25) is 0 Å². The molecule has 0 aliphatic rings. The second kappa shape index (κ2) is 6.07. The van der Waals surface area contributed by atoms with E-state index in [4.69, 9.17) is 0 Å². The Hall–Kier alpha value is -2.53. The van der Waals surface area contributed by atoms with E-state index in [-0.39, 0.29) is 10.7 Å². The number of aromatic nitrogens is 1. The van der Waals surface area contributed by atoms with E-state index in [9.17, 15) is 14.3 Å². The number of halogens is 1. The van der Waals surface area contributed by atoms with Gasteiger partial charge < -0.3 is 5.11 Å². The van der Waals surface area contributed by atoms with Gasteiger partial charge >= 0.3 is 5.97 Å². The Labute approximate surface area is 130 Å². The molecule has 110 valence electrons. The van der Waals surface area contributed by atoms with Gasteiger partial charge in [-0.1, -0.05) is 30.3 Å². The number of hydrogen-bond acceptors (Lipinski definition) is 3. The van der Waals surface area contributed by atoms with Crippen LogP contribution in [-0.2, 0) is 6.42 Å². The molecule has 0 atom stereocenters. The van der Waals surface area contributed by atoms with Crippen LogP contribution in [0.4, 0.5) is 4.39 Å². The molecule has 22 heavy (non-hydrogen) atoms. The van der Waals surface area contributed by atoms with E-state index in [2.05, 4.69) is 4.98 Å². The quantitative estimate of drug-likeness (QED) is 0.784. The largest absolute Gasteiger partial charge is 0.477 e. The van der Waals surface area contributed by atoms with Crippen LogP contribution in [0.3, 0.4) is 0 Å². The fourth-order valence-corrected chi connectivity index (χ4v) is 3.12. The van der Waals surface area contributed by atoms with Gasteiger partial charge in [0.25, 0.3) is 0 Å². The standard InChI is InChI=1S/C17H12FNO2S/c18-13-8-6-12(7-9-13)15-16(17(20)21)22-14(19-15)10-11-4-2-1-3-5-11/h1-9H,10H2,(H,20,21). The van der Waals surface area contributed by atoms with Crippen molar-refractivity contribution < 1.29 is 14.3 Å². The summed E-state index contributed by atoms with van der Waals surface area (Å²) in [4.78, 5) is 16.0. The predicted octanol–water partition coefficient (Wildman–Crippen LogP) is 4.24. The summed E-state index contributed by atoms with van der Waals surface area (Å²) in [6.07, 6.45) is 0.576. The van der Waals surface area contributed by atoms with Crippen molar-refractivity contribution in [2.75, 3.05) is 0 Å². The summed E-state index contributed by atoms with van der Waals surface area (Å²) in [5.41, 5.74) is 2.07. The second-order valence-corrected chi connectivity index (χ2v) is 5.84. The van der Waals surface area contributed by atoms with Crippen molar-refractivity contribution in [2.45, 2.75) is 6.42 Å². The van der Waals surface area contributed by atoms with Crippen LogP contribution in [-0.4, -0.2) is 16.1 Å². The number of carboxylic acids is 1. The van der Waals surface area contributed by atoms with Crippen molar-refractivity contribution in [1.82, 2.24) is 4.98 Å². The third kappa shape index (κ3) is 3.04. The molecule has 0 saturated heterocycles. The molecule has 1 N–H and O–H groups in total. The van der Waals surface area contributed by atoms with Crippen LogP contribution in [0, 0.1) is 5.82 Å². The minimum Gasteiger partial charge on any atom is -0.477 e. The molecule has 5 heteroatoms. The molecular formula is C17H12FNO2S. The highest BCUT2D eigenvalue weighted by molar-refractivity contribution is 7.14. The van der Waals surface area contributed by atoms with E-state index in [1.165, 1.54) is 12.1 Å². The summed E-state index contributed by atoms with van der Waals surface area (Å²) in [6.45, 7) is 0. The van der Waals surface area contributed by atoms with E-state index in [1.54, 1.807) is 12.1 Å². The molecule has 0 bridgehead atoms. The Kier molecular flexibility index (Phi) is 3.98. The molecule has 0 saturated carbocycles. The summed E-state index contributed by atoms with van der Waals surface area (Å²) in [5.74, 6) is -1.38. The maximum atomic E-state index is 13.0. The number of benzene rings is 2. The van der Waals surface area contributed by atoms with Gasteiger partial charge in [-0.3, -0.25) is 0 Å². The van der Waals surface area contributed by atoms with E-state index >= 15 is 0 Å². The van der Waals surface area contributed by atoms with Crippen LogP contribution >= 0.6 is 11.3 Å². The summed E-state index contributed by atoms with van der Waals surface area (Å²) < 4.78 is 13.0. The van der Waals surface area contributed by atoms with Gasteiger partial charge in [-0.15, -0.1) is 11.3 Å². The number of carboxylic acid groups (broad SMARTS) is 1. The normalized spacial score (nSPS) is 10.6. The molecule has 3 aromatic rings. The maximum absolute atomic E-state index is 13.0. The van der Waals surface area contributed by atoms with Crippen molar-refractivity contribution in [3.63, 3.8) is 0 Å². The van der Waals surface area contributed by atoms with Gasteiger partial charge in [-0.25, -0.2) is 14.2 Å². The molecule has 0 radical (unpaired) electrons. The lowest BCUT2D eigenvalue weighted by atomic mass is 10.1. The zero-order valence-corrected chi connectivity index (χ0v) is 12.3. The predicted molar refractivity (Wildman–Crippen MR) is 83.7 cm³/mol. The van der Waals surface area contributed by atoms with E-state index < -0.39 is 5.97 Å². The number of carbonyl (C=O) groups is 1. The average molecular weight is 313 g/mol. The van der Waals surface area contributed by atoms with Crippen LogP contribution in [0.25, 0.3) is 11.3 Å². The van der Waals surface area contributed by atoms with Gasteiger partial charge in [0.1, 0.15) is 10.7 Å². The number of thiazole rings is 1. The molecule has 0 fully saturated rings. The van der Waals surface area contributed by atoms with Crippen LogP contribution in [0.1, 0.15) is 20.2 Å². The Morgan fingerprint density at radius 3 is 2.41 bits per heavy atom. The topological polar surface area (TPSA) is 50.2 Å². The van der Waals surface area contributed by atoms with Gasteiger partial charge in [0.2, 0.25) is 0 Å². The summed E-state index contributed by atoms with van der Waals surface area (Å²) in [6, 6.07) is 15.4. The smallest absolute Gasteiger partial charge is 0.348 e. The van der Waals surface area contributed by atoms with Crippen molar-refractivity contribution in [3.05, 3.63) is 75.9 Å². The molecule has 1 aromatic heterocycles. The Bertz CT molecular complexity index is 797. The third-order valence-corrected chi connectivity index (χ3v) is 4.22. The first kappa shape index (κ1) is 14.4. The molecule has 0 aliphatic carbocycles. The zero-order valence-electron chi connectivity index (χ0n) is 11.5. The fraction of sp³-hybridized carbons (Fsp3) is 0.0588. The first-order valence-corrected chi connectivity index (χ1v) is 7.48. The highest BCUT2D eigenvalue weighted by atomic mass is 32.1. The molecular weight excluding hydrogens is 301 g/mol. The van der Waals surface area contributed by atoms with Crippen molar-refractivity contribution >= 4 is 17.3 Å². The molecule has 3 rings (SSSR count). The number of nitrogens with zero attached hydrogens (tertiary/aromatic N) is 1. The lowest BCUT2D eigenvalue weighted by Crippen LogP contribution is -1.95. The van der Waals surface area contributed by atoms with Crippen molar-refractivity contribution in [2.24, 2.45) is 0 Å². The summed E-state index contributed by atoms with van der Waals surface area (Å²) in [5, 5.41) is 10.1. The summed E-state index contributed by atoms with van der Waals surface area (Å²) in [7, 11) is 0. The van der Waals surface area contributed by atoms with E-state index in [1.807, 2.05) is 30.3 Å². The maximum Gasteiger partial charge on any atom is 0.348 e. The number of hydrogen-bond donors (Lipinski definition) is 1. The van der Waals surface area contributed by atoms with Gasteiger partial charge in [-0.2, -0.15) is 0 Å². The Morgan fingerprint density at radius 2 is 1.77 bits per heavy atom. The first-order chi connectivity index (χ1) is 10.6. The third-order valence-electron chi connectivity index (χ3n) is 3.18. The zero-order chi connectivity index (χ0) is 15.5. The minimum atomic E-state index is -1.02. The van der Waals surface area contributed by atoms with Gasteiger partial charge in [-0.05, 0) is 29.8 Å². The van der Waals surface area contributed by atoms with Crippen LogP contribution < -0.4 is 0 Å². The minimum absolute atomic E-state index is 0.178. The Morgan fingerprint density at radius 1 is 1.09 bits per heavy atom. The highest BCUT2D eigenvalue weighted by Gasteiger charge is 2.18. The lowest BCUT2D eigenvalue weighted by molar-refractivity contribution is 0.0702. The van der Waals surface area contributed by atoms with Crippen LogP contribution in [0.5, 0.6) is 0 Å². The molecule has 2 aromatic carbocycles.